The van der Waals surface area contributed by atoms with Crippen molar-refractivity contribution in [3.63, 3.8) is 0 Å². The molecular weight excluding hydrogens is 280 g/mol. The van der Waals surface area contributed by atoms with E-state index in [2.05, 4.69) is 0 Å². The van der Waals surface area contributed by atoms with Crippen molar-refractivity contribution in [1.29, 1.82) is 0 Å². The number of carbonyl (C=O) groups excluding carboxylic acids is 1. The number of rotatable bonds is 5. The molecule has 20 heavy (non-hydrogen) atoms. The van der Waals surface area contributed by atoms with Crippen LogP contribution in [0.5, 0.6) is 0 Å². The van der Waals surface area contributed by atoms with E-state index < -0.39 is 16.3 Å². The average Bonchev–Trinajstić information content (AvgIpc) is 2.44. The number of piperazine rings is 1. The maximum Gasteiger partial charge on any atom is 0.281 e. The molecule has 1 rings (SSSR count). The normalized spacial score (nSPS) is 21.0. The van der Waals surface area contributed by atoms with Crippen LogP contribution in [0.4, 0.5) is 0 Å². The summed E-state index contributed by atoms with van der Waals surface area (Å²) >= 11 is 0. The van der Waals surface area contributed by atoms with Gasteiger partial charge in [0.1, 0.15) is 0 Å². The number of hydrogen-bond donors (Lipinski definition) is 1. The lowest BCUT2D eigenvalue weighted by Gasteiger charge is -2.36. The molecule has 0 aliphatic carbocycles. The highest BCUT2D eigenvalue weighted by atomic mass is 32.2. The first-order valence-corrected chi connectivity index (χ1v) is 8.33. The van der Waals surface area contributed by atoms with Gasteiger partial charge in [-0.25, -0.2) is 0 Å². The fourth-order valence-corrected chi connectivity index (χ4v) is 3.16. The van der Waals surface area contributed by atoms with Crippen LogP contribution in [0.2, 0.25) is 0 Å². The van der Waals surface area contributed by atoms with Gasteiger partial charge in [-0.05, 0) is 5.92 Å². The molecule has 1 saturated heterocycles. The van der Waals surface area contributed by atoms with Gasteiger partial charge in [0.05, 0.1) is 6.04 Å². The van der Waals surface area contributed by atoms with Crippen molar-refractivity contribution >= 4 is 16.1 Å². The number of nitrogens with zero attached hydrogens (tertiary/aromatic N) is 3. The largest absolute Gasteiger partial charge is 0.339 e. The van der Waals surface area contributed by atoms with E-state index in [9.17, 15) is 13.2 Å². The van der Waals surface area contributed by atoms with Gasteiger partial charge >= 0.3 is 0 Å². The molecule has 0 bridgehead atoms. The van der Waals surface area contributed by atoms with E-state index >= 15 is 0 Å². The van der Waals surface area contributed by atoms with Crippen molar-refractivity contribution < 1.29 is 13.2 Å². The topological polar surface area (TPSA) is 87.0 Å². The summed E-state index contributed by atoms with van der Waals surface area (Å²) in [6.45, 7) is 5.39. The molecule has 1 aliphatic heterocycles. The third-order valence-electron chi connectivity index (χ3n) is 3.88. The molecule has 0 saturated carbocycles. The summed E-state index contributed by atoms with van der Waals surface area (Å²) in [5.74, 6) is 0.0484. The highest BCUT2D eigenvalue weighted by molar-refractivity contribution is 7.86. The molecule has 7 nitrogen and oxygen atoms in total. The summed E-state index contributed by atoms with van der Waals surface area (Å²) in [7, 11) is -0.382. The van der Waals surface area contributed by atoms with Crippen LogP contribution in [0.1, 0.15) is 20.3 Å². The maximum atomic E-state index is 12.2. The lowest BCUT2D eigenvalue weighted by atomic mass is 9.99. The number of carbonyl (C=O) groups is 1. The minimum absolute atomic E-state index is 0.0822. The second-order valence-electron chi connectivity index (χ2n) is 5.43. The molecular formula is C12H26N4O3S. The molecule has 0 spiro atoms. The van der Waals surface area contributed by atoms with Crippen LogP contribution in [-0.4, -0.2) is 74.2 Å². The summed E-state index contributed by atoms with van der Waals surface area (Å²) in [5.41, 5.74) is 5.94. The van der Waals surface area contributed by atoms with Crippen LogP contribution in [-0.2, 0) is 15.0 Å². The van der Waals surface area contributed by atoms with Gasteiger partial charge in [0.2, 0.25) is 5.91 Å². The average molecular weight is 306 g/mol. The standard InChI is InChI=1S/C12H26N4O3S/c1-5-10(2)11(13)12(17)15-6-8-16(9-7-15)20(18,19)14(3)4/h10-11H,5-9,13H2,1-4H3/t10-,11-/m0/s1. The molecule has 1 aliphatic rings. The number of nitrogens with two attached hydrogens (primary N) is 1. The Morgan fingerprint density at radius 2 is 1.75 bits per heavy atom. The Labute approximate surface area is 121 Å². The lowest BCUT2D eigenvalue weighted by molar-refractivity contribution is -0.134. The van der Waals surface area contributed by atoms with E-state index in [4.69, 9.17) is 5.73 Å². The molecule has 0 radical (unpaired) electrons. The molecule has 118 valence electrons. The van der Waals surface area contributed by atoms with E-state index in [0.29, 0.717) is 26.2 Å². The van der Waals surface area contributed by atoms with E-state index in [0.717, 1.165) is 6.42 Å². The smallest absolute Gasteiger partial charge is 0.281 e. The molecule has 2 atom stereocenters. The van der Waals surface area contributed by atoms with Gasteiger partial charge in [-0.2, -0.15) is 17.0 Å². The Morgan fingerprint density at radius 3 is 2.15 bits per heavy atom. The quantitative estimate of drug-likeness (QED) is 0.728. The summed E-state index contributed by atoms with van der Waals surface area (Å²) < 4.78 is 26.5. The molecule has 1 heterocycles. The molecule has 0 aromatic heterocycles. The zero-order valence-electron chi connectivity index (χ0n) is 12.7. The van der Waals surface area contributed by atoms with Crippen LogP contribution in [0.25, 0.3) is 0 Å². The fraction of sp³-hybridized carbons (Fsp3) is 0.917. The molecule has 2 N–H and O–H groups in total. The minimum atomic E-state index is -3.39. The lowest BCUT2D eigenvalue weighted by Crippen LogP contribution is -2.56. The predicted octanol–water partition coefficient (Wildman–Crippen LogP) is -0.690. The van der Waals surface area contributed by atoms with Gasteiger partial charge in [0.25, 0.3) is 10.2 Å². The van der Waals surface area contributed by atoms with Gasteiger partial charge in [0.15, 0.2) is 0 Å². The first-order chi connectivity index (χ1) is 9.21. The zero-order chi connectivity index (χ0) is 15.5. The van der Waals surface area contributed by atoms with Crippen LogP contribution in [0, 0.1) is 5.92 Å². The van der Waals surface area contributed by atoms with Crippen molar-refractivity contribution in [2.45, 2.75) is 26.3 Å². The first kappa shape index (κ1) is 17.4. The second-order valence-corrected chi connectivity index (χ2v) is 7.57. The van der Waals surface area contributed by atoms with E-state index in [1.807, 2.05) is 13.8 Å². The Balaban J connectivity index is 2.61. The van der Waals surface area contributed by atoms with E-state index in [1.165, 1.54) is 22.7 Å². The number of hydrogen-bond acceptors (Lipinski definition) is 4. The Hall–Kier alpha value is -0.700. The second kappa shape index (κ2) is 6.84. The first-order valence-electron chi connectivity index (χ1n) is 6.93. The van der Waals surface area contributed by atoms with Crippen LogP contribution < -0.4 is 5.73 Å². The summed E-state index contributed by atoms with van der Waals surface area (Å²) in [6, 6.07) is -0.503. The van der Waals surface area contributed by atoms with Gasteiger partial charge in [-0.15, -0.1) is 0 Å². The SMILES string of the molecule is CC[C@H](C)[C@H](N)C(=O)N1CCN(S(=O)(=O)N(C)C)CC1. The van der Waals surface area contributed by atoms with Crippen LogP contribution >= 0.6 is 0 Å². The highest BCUT2D eigenvalue weighted by Gasteiger charge is 2.32. The fourth-order valence-electron chi connectivity index (χ4n) is 2.08. The third kappa shape index (κ3) is 3.69. The Kier molecular flexibility index (Phi) is 5.93. The zero-order valence-corrected chi connectivity index (χ0v) is 13.6. The predicted molar refractivity (Wildman–Crippen MR) is 78.2 cm³/mol. The van der Waals surface area contributed by atoms with Crippen LogP contribution in [0.15, 0.2) is 0 Å². The highest BCUT2D eigenvalue weighted by Crippen LogP contribution is 2.13. The molecule has 0 aromatic carbocycles. The van der Waals surface area contributed by atoms with Gasteiger partial charge in [0, 0.05) is 40.3 Å². The van der Waals surface area contributed by atoms with Crippen LogP contribution in [0.3, 0.4) is 0 Å². The Bertz CT molecular complexity index is 430. The summed E-state index contributed by atoms with van der Waals surface area (Å²) in [4.78, 5) is 13.9. The molecule has 1 fully saturated rings. The van der Waals surface area contributed by atoms with Crippen molar-refractivity contribution in [3.05, 3.63) is 0 Å². The molecule has 0 unspecified atom stereocenters. The van der Waals surface area contributed by atoms with Crippen molar-refractivity contribution in [1.82, 2.24) is 13.5 Å². The van der Waals surface area contributed by atoms with E-state index in [-0.39, 0.29) is 11.8 Å². The Morgan fingerprint density at radius 1 is 1.25 bits per heavy atom. The minimum Gasteiger partial charge on any atom is -0.339 e. The third-order valence-corrected chi connectivity index (χ3v) is 5.82. The van der Waals surface area contributed by atoms with Gasteiger partial charge < -0.3 is 10.6 Å². The van der Waals surface area contributed by atoms with E-state index in [1.54, 1.807) is 4.90 Å². The number of amides is 1. The van der Waals surface area contributed by atoms with Crippen molar-refractivity contribution in [2.75, 3.05) is 40.3 Å². The van der Waals surface area contributed by atoms with Crippen molar-refractivity contribution in [2.24, 2.45) is 11.7 Å². The molecule has 8 heteroatoms. The monoisotopic (exact) mass is 306 g/mol. The summed E-state index contributed by atoms with van der Waals surface area (Å²) in [5, 5.41) is 0. The van der Waals surface area contributed by atoms with Gasteiger partial charge in [-0.1, -0.05) is 20.3 Å². The summed E-state index contributed by atoms with van der Waals surface area (Å²) in [6.07, 6.45) is 0.849. The van der Waals surface area contributed by atoms with Crippen molar-refractivity contribution in [3.8, 4) is 0 Å². The molecule has 0 aromatic rings. The van der Waals surface area contributed by atoms with Gasteiger partial charge in [-0.3, -0.25) is 4.79 Å². The maximum absolute atomic E-state index is 12.2. The molecule has 1 amide bonds.